The van der Waals surface area contributed by atoms with E-state index in [1.807, 2.05) is 0 Å². The topological polar surface area (TPSA) is 64.8 Å². The lowest BCUT2D eigenvalue weighted by atomic mass is 9.96. The third-order valence-corrected chi connectivity index (χ3v) is 3.59. The Balaban J connectivity index is 2.39. The maximum absolute atomic E-state index is 11.5. The Morgan fingerprint density at radius 3 is 2.78 bits per heavy atom. The fourth-order valence-corrected chi connectivity index (χ4v) is 2.28. The molecule has 0 aromatic carbocycles. The minimum absolute atomic E-state index is 0.0640. The summed E-state index contributed by atoms with van der Waals surface area (Å²) in [6.45, 7) is 9.47. The van der Waals surface area contributed by atoms with Gasteiger partial charge in [0.1, 0.15) is 5.54 Å². The van der Waals surface area contributed by atoms with Crippen molar-refractivity contribution >= 4 is 5.97 Å². The molecule has 106 valence electrons. The summed E-state index contributed by atoms with van der Waals surface area (Å²) in [6, 6.07) is 0. The molecule has 18 heavy (non-hydrogen) atoms. The minimum atomic E-state index is -0.884. The number of hydrogen-bond donors (Lipinski definition) is 1. The van der Waals surface area contributed by atoms with E-state index in [2.05, 4.69) is 18.7 Å². The Hall–Kier alpha value is -0.650. The molecule has 1 fully saturated rings. The summed E-state index contributed by atoms with van der Waals surface area (Å²) in [4.78, 5) is 13.9. The lowest BCUT2D eigenvalue weighted by molar-refractivity contribution is -0.146. The van der Waals surface area contributed by atoms with Gasteiger partial charge < -0.3 is 15.2 Å². The fourth-order valence-electron chi connectivity index (χ4n) is 2.28. The van der Waals surface area contributed by atoms with Gasteiger partial charge in [-0.25, -0.2) is 0 Å². The molecule has 0 aromatic heterocycles. The molecular weight excluding hydrogens is 232 g/mol. The number of carbonyl (C=O) groups excluding carboxylic acids is 1. The largest absolute Gasteiger partial charge is 0.468 e. The third-order valence-electron chi connectivity index (χ3n) is 3.59. The quantitative estimate of drug-likeness (QED) is 0.738. The molecule has 0 bridgehead atoms. The summed E-state index contributed by atoms with van der Waals surface area (Å²) >= 11 is 0. The number of methoxy groups -OCH3 is 1. The van der Waals surface area contributed by atoms with Crippen molar-refractivity contribution in [3.05, 3.63) is 0 Å². The van der Waals surface area contributed by atoms with E-state index in [0.717, 1.165) is 32.7 Å². The highest BCUT2D eigenvalue weighted by atomic mass is 16.5. The average molecular weight is 258 g/mol. The summed E-state index contributed by atoms with van der Waals surface area (Å²) in [5.74, 6) is -0.344. The van der Waals surface area contributed by atoms with Crippen LogP contribution in [0, 0.1) is 0 Å². The van der Waals surface area contributed by atoms with Gasteiger partial charge in [-0.2, -0.15) is 0 Å². The molecule has 1 atom stereocenters. The van der Waals surface area contributed by atoms with Crippen molar-refractivity contribution < 1.29 is 14.3 Å². The number of hydrogen-bond acceptors (Lipinski definition) is 5. The van der Waals surface area contributed by atoms with E-state index in [4.69, 9.17) is 15.2 Å². The second-order valence-electron chi connectivity index (χ2n) is 5.86. The zero-order valence-electron chi connectivity index (χ0n) is 12.0. The van der Waals surface area contributed by atoms with E-state index in [-0.39, 0.29) is 11.5 Å². The maximum Gasteiger partial charge on any atom is 0.325 e. The molecule has 0 aliphatic carbocycles. The fraction of sp³-hybridized carbons (Fsp3) is 0.923. The van der Waals surface area contributed by atoms with Gasteiger partial charge in [0, 0.05) is 12.1 Å². The molecule has 0 radical (unpaired) electrons. The van der Waals surface area contributed by atoms with Crippen LogP contribution < -0.4 is 5.73 Å². The van der Waals surface area contributed by atoms with Gasteiger partial charge >= 0.3 is 5.97 Å². The summed E-state index contributed by atoms with van der Waals surface area (Å²) in [7, 11) is 1.37. The molecular formula is C13H26N2O3. The molecule has 1 aliphatic rings. The van der Waals surface area contributed by atoms with Gasteiger partial charge in [0.2, 0.25) is 0 Å². The van der Waals surface area contributed by atoms with Crippen LogP contribution >= 0.6 is 0 Å². The number of carbonyl (C=O) groups is 1. The van der Waals surface area contributed by atoms with Gasteiger partial charge in [0.25, 0.3) is 0 Å². The van der Waals surface area contributed by atoms with Gasteiger partial charge in [0.05, 0.1) is 20.3 Å². The van der Waals surface area contributed by atoms with Gasteiger partial charge in [-0.3, -0.25) is 9.69 Å². The average Bonchev–Trinajstić information content (AvgIpc) is 2.29. The van der Waals surface area contributed by atoms with Crippen LogP contribution in [0.5, 0.6) is 0 Å². The lowest BCUT2D eigenvalue weighted by Gasteiger charge is -2.42. The van der Waals surface area contributed by atoms with Gasteiger partial charge in [-0.1, -0.05) is 0 Å². The van der Waals surface area contributed by atoms with E-state index >= 15 is 0 Å². The van der Waals surface area contributed by atoms with Crippen LogP contribution in [0.2, 0.25) is 0 Å². The highest BCUT2D eigenvalue weighted by molar-refractivity contribution is 5.79. The van der Waals surface area contributed by atoms with Crippen molar-refractivity contribution in [2.24, 2.45) is 5.73 Å². The molecule has 1 aliphatic heterocycles. The highest BCUT2D eigenvalue weighted by Gasteiger charge is 2.32. The van der Waals surface area contributed by atoms with Crippen molar-refractivity contribution in [2.75, 3.05) is 33.4 Å². The molecule has 5 heteroatoms. The standard InChI is InChI=1S/C13H26N2O3/c1-12(2)10-18-9-8-15(12)7-5-6-13(3,14)11(16)17-4/h5-10,14H2,1-4H3. The van der Waals surface area contributed by atoms with E-state index in [1.54, 1.807) is 6.92 Å². The maximum atomic E-state index is 11.5. The Morgan fingerprint density at radius 2 is 2.22 bits per heavy atom. The molecule has 1 unspecified atom stereocenters. The number of ether oxygens (including phenoxy) is 2. The highest BCUT2D eigenvalue weighted by Crippen LogP contribution is 2.20. The second-order valence-corrected chi connectivity index (χ2v) is 5.86. The number of nitrogens with zero attached hydrogens (tertiary/aromatic N) is 1. The summed E-state index contributed by atoms with van der Waals surface area (Å²) in [5, 5.41) is 0. The number of nitrogens with two attached hydrogens (primary N) is 1. The number of esters is 1. The van der Waals surface area contributed by atoms with Crippen LogP contribution in [0.15, 0.2) is 0 Å². The molecule has 0 aromatic rings. The van der Waals surface area contributed by atoms with E-state index < -0.39 is 5.54 Å². The first-order valence-corrected chi connectivity index (χ1v) is 6.50. The van der Waals surface area contributed by atoms with E-state index in [9.17, 15) is 4.79 Å². The minimum Gasteiger partial charge on any atom is -0.468 e. The molecule has 0 saturated carbocycles. The molecule has 1 rings (SSSR count). The molecule has 1 heterocycles. The Labute approximate surface area is 110 Å². The van der Waals surface area contributed by atoms with Crippen LogP contribution in [0.4, 0.5) is 0 Å². The Kier molecular flexibility index (Phi) is 5.13. The first-order valence-electron chi connectivity index (χ1n) is 6.50. The Bertz CT molecular complexity index is 290. The lowest BCUT2D eigenvalue weighted by Crippen LogP contribution is -2.53. The van der Waals surface area contributed by atoms with Crippen molar-refractivity contribution in [1.29, 1.82) is 0 Å². The zero-order valence-corrected chi connectivity index (χ0v) is 12.0. The molecule has 1 saturated heterocycles. The zero-order chi connectivity index (χ0) is 13.8. The van der Waals surface area contributed by atoms with Gasteiger partial charge in [0.15, 0.2) is 0 Å². The van der Waals surface area contributed by atoms with Gasteiger partial charge in [-0.15, -0.1) is 0 Å². The number of morpholine rings is 1. The predicted octanol–water partition coefficient (Wildman–Crippen LogP) is 0.768. The van der Waals surface area contributed by atoms with Crippen molar-refractivity contribution in [3.8, 4) is 0 Å². The summed E-state index contributed by atoms with van der Waals surface area (Å²) in [6.07, 6.45) is 1.51. The van der Waals surface area contributed by atoms with E-state index in [0.29, 0.717) is 6.42 Å². The van der Waals surface area contributed by atoms with Gasteiger partial charge in [-0.05, 0) is 40.2 Å². The normalized spacial score (nSPS) is 23.4. The predicted molar refractivity (Wildman–Crippen MR) is 70.3 cm³/mol. The first kappa shape index (κ1) is 15.4. The monoisotopic (exact) mass is 258 g/mol. The summed E-state index contributed by atoms with van der Waals surface area (Å²) < 4.78 is 10.2. The SMILES string of the molecule is COC(=O)C(C)(N)CCCN1CCOCC1(C)C. The molecule has 5 nitrogen and oxygen atoms in total. The van der Waals surface area contributed by atoms with Crippen LogP contribution in [0.3, 0.4) is 0 Å². The van der Waals surface area contributed by atoms with Crippen molar-refractivity contribution in [2.45, 2.75) is 44.7 Å². The summed E-state index contributed by atoms with van der Waals surface area (Å²) in [5.41, 5.74) is 5.12. The van der Waals surface area contributed by atoms with Crippen molar-refractivity contribution in [3.63, 3.8) is 0 Å². The first-order chi connectivity index (χ1) is 8.29. The van der Waals surface area contributed by atoms with Crippen LogP contribution in [-0.2, 0) is 14.3 Å². The smallest absolute Gasteiger partial charge is 0.325 e. The third kappa shape index (κ3) is 3.93. The molecule has 0 spiro atoms. The molecule has 0 amide bonds. The van der Waals surface area contributed by atoms with Crippen LogP contribution in [-0.4, -0.2) is 55.4 Å². The van der Waals surface area contributed by atoms with E-state index in [1.165, 1.54) is 7.11 Å². The molecule has 2 N–H and O–H groups in total. The van der Waals surface area contributed by atoms with Crippen LogP contribution in [0.1, 0.15) is 33.6 Å². The van der Waals surface area contributed by atoms with Crippen LogP contribution in [0.25, 0.3) is 0 Å². The Morgan fingerprint density at radius 1 is 1.56 bits per heavy atom. The number of rotatable bonds is 5. The second kappa shape index (κ2) is 5.99. The van der Waals surface area contributed by atoms with Crippen molar-refractivity contribution in [1.82, 2.24) is 4.90 Å².